The van der Waals surface area contributed by atoms with Gasteiger partial charge in [0.25, 0.3) is 0 Å². The highest BCUT2D eigenvalue weighted by Gasteiger charge is 2.32. The number of benzene rings is 2. The number of guanidine groups is 1. The summed E-state index contributed by atoms with van der Waals surface area (Å²) in [5, 5.41) is 51.1. The van der Waals surface area contributed by atoms with Gasteiger partial charge in [-0.25, -0.2) is 4.79 Å². The predicted octanol–water partition coefficient (Wildman–Crippen LogP) is -2.17. The maximum absolute atomic E-state index is 13.5. The van der Waals surface area contributed by atoms with E-state index in [-0.39, 0.29) is 62.0 Å². The highest BCUT2D eigenvalue weighted by molar-refractivity contribution is 5.96. The van der Waals surface area contributed by atoms with Crippen molar-refractivity contribution >= 4 is 41.5 Å². The van der Waals surface area contributed by atoms with E-state index in [0.29, 0.717) is 11.1 Å². The van der Waals surface area contributed by atoms with Gasteiger partial charge in [0, 0.05) is 13.0 Å². The van der Waals surface area contributed by atoms with Crippen LogP contribution in [0, 0.1) is 5.92 Å². The fourth-order valence-corrected chi connectivity index (χ4v) is 5.21. The van der Waals surface area contributed by atoms with E-state index >= 15 is 0 Å². The average molecular weight is 772 g/mol. The van der Waals surface area contributed by atoms with Gasteiger partial charge >= 0.3 is 5.97 Å². The van der Waals surface area contributed by atoms with Gasteiger partial charge in [0.1, 0.15) is 41.7 Å². The molecule has 6 atom stereocenters. The molecule has 0 spiro atoms. The molecule has 0 aliphatic rings. The molecule has 0 saturated carbocycles. The number of hydrogen-bond donors (Lipinski definition) is 12. The molecule has 0 aromatic heterocycles. The fourth-order valence-electron chi connectivity index (χ4n) is 5.21. The van der Waals surface area contributed by atoms with E-state index in [1.807, 2.05) is 0 Å². The molecular formula is C36H53N9O10. The van der Waals surface area contributed by atoms with E-state index in [0.717, 1.165) is 0 Å². The van der Waals surface area contributed by atoms with Crippen molar-refractivity contribution in [3.05, 3.63) is 59.7 Å². The third-order valence-corrected chi connectivity index (χ3v) is 8.21. The number of aliphatic hydroxyl groups excluding tert-OH is 1. The Morgan fingerprint density at radius 1 is 0.655 bits per heavy atom. The zero-order valence-electron chi connectivity index (χ0n) is 31.0. The van der Waals surface area contributed by atoms with E-state index < -0.39 is 78.4 Å². The number of carboxylic acid groups (broad SMARTS) is 1. The lowest BCUT2D eigenvalue weighted by Gasteiger charge is -2.26. The lowest BCUT2D eigenvalue weighted by atomic mass is 10.0. The van der Waals surface area contributed by atoms with Gasteiger partial charge in [0.05, 0.1) is 12.6 Å². The Morgan fingerprint density at radius 3 is 1.64 bits per heavy atom. The maximum atomic E-state index is 13.5. The number of hydrogen-bond acceptors (Lipinski definition) is 11. The van der Waals surface area contributed by atoms with Crippen molar-refractivity contribution in [2.75, 3.05) is 13.2 Å². The minimum atomic E-state index is -1.57. The minimum absolute atomic E-state index is 0.00871. The van der Waals surface area contributed by atoms with Gasteiger partial charge in [-0.2, -0.15) is 0 Å². The first-order valence-corrected chi connectivity index (χ1v) is 17.6. The predicted molar refractivity (Wildman–Crippen MR) is 201 cm³/mol. The second kappa shape index (κ2) is 22.3. The van der Waals surface area contributed by atoms with Crippen molar-refractivity contribution in [2.24, 2.45) is 28.1 Å². The second-order valence-corrected chi connectivity index (χ2v) is 13.4. The quantitative estimate of drug-likeness (QED) is 0.0345. The molecule has 0 fully saturated rings. The van der Waals surface area contributed by atoms with Crippen LogP contribution in [0.4, 0.5) is 0 Å². The van der Waals surface area contributed by atoms with Crippen LogP contribution in [0.3, 0.4) is 0 Å². The molecular weight excluding hydrogens is 718 g/mol. The topological polar surface area (TPSA) is 334 Å². The number of aromatic hydroxyl groups is 2. The van der Waals surface area contributed by atoms with E-state index in [2.05, 4.69) is 31.6 Å². The Morgan fingerprint density at radius 2 is 1.13 bits per heavy atom. The summed E-state index contributed by atoms with van der Waals surface area (Å²) in [7, 11) is 0. The maximum Gasteiger partial charge on any atom is 0.326 e. The van der Waals surface area contributed by atoms with Crippen molar-refractivity contribution < 1.29 is 49.2 Å². The van der Waals surface area contributed by atoms with Crippen molar-refractivity contribution in [3.63, 3.8) is 0 Å². The Labute approximate surface area is 318 Å². The number of aliphatic imine (C=N–C) groups is 1. The molecule has 2 rings (SSSR count). The molecule has 5 amide bonds. The Balaban J connectivity index is 2.12. The molecule has 0 unspecified atom stereocenters. The van der Waals surface area contributed by atoms with Crippen LogP contribution >= 0.6 is 0 Å². The van der Waals surface area contributed by atoms with Gasteiger partial charge in [-0.1, -0.05) is 38.1 Å². The first-order chi connectivity index (χ1) is 25.9. The second-order valence-electron chi connectivity index (χ2n) is 13.4. The Bertz CT molecular complexity index is 1630. The lowest BCUT2D eigenvalue weighted by Crippen LogP contribution is -2.59. The fraction of sp³-hybridized carbons (Fsp3) is 0.472. The molecule has 0 radical (unpaired) electrons. The molecule has 19 nitrogen and oxygen atoms in total. The number of aliphatic carboxylic acids is 1. The number of phenols is 2. The van der Waals surface area contributed by atoms with Gasteiger partial charge < -0.3 is 64.2 Å². The smallest absolute Gasteiger partial charge is 0.326 e. The Hall–Kier alpha value is -5.95. The number of carbonyl (C=O) groups is 6. The molecule has 0 bridgehead atoms. The molecule has 2 aromatic carbocycles. The number of phenolic OH excluding ortho intramolecular Hbond substituents is 2. The molecule has 302 valence electrons. The van der Waals surface area contributed by atoms with Crippen LogP contribution in [-0.4, -0.2) is 111 Å². The van der Waals surface area contributed by atoms with Crippen molar-refractivity contribution in [3.8, 4) is 11.5 Å². The third kappa shape index (κ3) is 16.3. The van der Waals surface area contributed by atoms with Crippen molar-refractivity contribution in [1.29, 1.82) is 0 Å². The van der Waals surface area contributed by atoms with Crippen LogP contribution in [-0.2, 0) is 41.6 Å². The van der Waals surface area contributed by atoms with Crippen LogP contribution in [0.1, 0.15) is 51.2 Å². The lowest BCUT2D eigenvalue weighted by molar-refractivity contribution is -0.142. The van der Waals surface area contributed by atoms with Crippen molar-refractivity contribution in [1.82, 2.24) is 26.6 Å². The standard InChI is InChI=1S/C36H53N9O10/c1-19(2)15-27(33(52)42-26(35(54)55)5-4-14-40-36(38)39)44-34(53)29(18-46)45-30(49)20(3)41-32(51)28(17-22-8-12-24(48)13-9-22)43-31(50)25(37)16-21-6-10-23(47)11-7-21/h6-13,19-20,25-29,46-48H,4-5,14-18,37H2,1-3H3,(H,41,51)(H,42,52)(H,43,50)(H,44,53)(H,45,49)(H,54,55)(H4,38,39,40)/t20-,25-,26-,27-,28-,29-/m0/s1. The van der Waals surface area contributed by atoms with Gasteiger partial charge in [-0.15, -0.1) is 0 Å². The summed E-state index contributed by atoms with van der Waals surface area (Å²) in [6.07, 6.45) is 0.346. The number of nitrogens with two attached hydrogens (primary N) is 3. The molecule has 15 N–H and O–H groups in total. The third-order valence-electron chi connectivity index (χ3n) is 8.21. The highest BCUT2D eigenvalue weighted by atomic mass is 16.4. The minimum Gasteiger partial charge on any atom is -0.508 e. The number of carbonyl (C=O) groups excluding carboxylic acids is 5. The SMILES string of the molecule is CC(C)C[C@H](NC(=O)[C@H](CO)NC(=O)[C@H](C)NC(=O)[C@H](Cc1ccc(O)cc1)NC(=O)[C@@H](N)Cc1ccc(O)cc1)C(=O)N[C@@H](CCCN=C(N)N)C(=O)O. The Kier molecular flexibility index (Phi) is 18.3. The molecule has 0 aliphatic carbocycles. The van der Waals surface area contributed by atoms with Gasteiger partial charge in [-0.3, -0.25) is 29.0 Å². The molecule has 19 heteroatoms. The van der Waals surface area contributed by atoms with Crippen LogP contribution in [0.25, 0.3) is 0 Å². The summed E-state index contributed by atoms with van der Waals surface area (Å²) in [5.41, 5.74) is 17.9. The monoisotopic (exact) mass is 771 g/mol. The average Bonchev–Trinajstić information content (AvgIpc) is 3.12. The van der Waals surface area contributed by atoms with Crippen LogP contribution in [0.15, 0.2) is 53.5 Å². The number of nitrogens with zero attached hydrogens (tertiary/aromatic N) is 1. The zero-order chi connectivity index (χ0) is 41.2. The molecule has 55 heavy (non-hydrogen) atoms. The van der Waals surface area contributed by atoms with Crippen LogP contribution in [0.5, 0.6) is 11.5 Å². The summed E-state index contributed by atoms with van der Waals surface area (Å²) < 4.78 is 0. The summed E-state index contributed by atoms with van der Waals surface area (Å²) in [6, 6.07) is 4.20. The van der Waals surface area contributed by atoms with Crippen LogP contribution in [0.2, 0.25) is 0 Å². The first-order valence-electron chi connectivity index (χ1n) is 17.6. The molecule has 0 aliphatic heterocycles. The number of carboxylic acids is 1. The zero-order valence-corrected chi connectivity index (χ0v) is 31.0. The normalized spacial score (nSPS) is 14.2. The number of aliphatic hydroxyl groups is 1. The van der Waals surface area contributed by atoms with Gasteiger partial charge in [0.2, 0.25) is 29.5 Å². The van der Waals surface area contributed by atoms with Crippen LogP contribution < -0.4 is 43.8 Å². The van der Waals surface area contributed by atoms with Gasteiger partial charge in [0.15, 0.2) is 5.96 Å². The first kappa shape index (κ1) is 45.2. The summed E-state index contributed by atoms with van der Waals surface area (Å²) >= 11 is 0. The van der Waals surface area contributed by atoms with E-state index in [9.17, 15) is 49.2 Å². The highest BCUT2D eigenvalue weighted by Crippen LogP contribution is 2.14. The van der Waals surface area contributed by atoms with E-state index in [4.69, 9.17) is 17.2 Å². The number of rotatable bonds is 22. The van der Waals surface area contributed by atoms with Crippen molar-refractivity contribution in [2.45, 2.75) is 89.1 Å². The number of amides is 5. The molecule has 0 saturated heterocycles. The number of nitrogens with one attached hydrogen (secondary N) is 5. The summed E-state index contributed by atoms with van der Waals surface area (Å²) in [4.78, 5) is 81.7. The van der Waals surface area contributed by atoms with Gasteiger partial charge in [-0.05, 0) is 73.9 Å². The molecule has 2 aromatic rings. The molecule has 0 heterocycles. The summed E-state index contributed by atoms with van der Waals surface area (Å²) in [5.74, 6) is -5.71. The van der Waals surface area contributed by atoms with E-state index in [1.54, 1.807) is 38.1 Å². The van der Waals surface area contributed by atoms with E-state index in [1.165, 1.54) is 31.2 Å². The largest absolute Gasteiger partial charge is 0.508 e. The summed E-state index contributed by atoms with van der Waals surface area (Å²) in [6.45, 7) is 4.09.